The van der Waals surface area contributed by atoms with Gasteiger partial charge in [0.05, 0.1) is 20.1 Å². The zero-order chi connectivity index (χ0) is 13.8. The summed E-state index contributed by atoms with van der Waals surface area (Å²) >= 11 is 4.68. The van der Waals surface area contributed by atoms with Crippen LogP contribution in [0.15, 0.2) is 15.9 Å². The number of aryl methyl sites for hydroxylation is 2. The Morgan fingerprint density at radius 3 is 2.58 bits per heavy atom. The second kappa shape index (κ2) is 6.21. The van der Waals surface area contributed by atoms with Gasteiger partial charge in [0, 0.05) is 0 Å². The molecule has 0 spiro atoms. The van der Waals surface area contributed by atoms with Crippen molar-refractivity contribution in [2.45, 2.75) is 26.7 Å². The lowest BCUT2D eigenvalue weighted by atomic mass is 10.2. The fourth-order valence-corrected chi connectivity index (χ4v) is 2.87. The number of aromatic nitrogens is 3. The third-order valence-electron chi connectivity index (χ3n) is 2.53. The molecule has 100 valence electrons. The molecule has 2 aromatic rings. The van der Waals surface area contributed by atoms with Crippen molar-refractivity contribution in [3.05, 3.63) is 32.2 Å². The third kappa shape index (κ3) is 3.36. The Hall–Kier alpha value is -1.34. The molecule has 2 rings (SSSR count). The molecular formula is C12H13BrN4OS. The van der Waals surface area contributed by atoms with Gasteiger partial charge in [-0.3, -0.25) is 10.1 Å². The van der Waals surface area contributed by atoms with E-state index in [1.807, 2.05) is 19.9 Å². The zero-order valence-corrected chi connectivity index (χ0v) is 13.0. The average Bonchev–Trinajstić information content (AvgIpc) is 2.85. The minimum Gasteiger partial charge on any atom is -0.288 e. The van der Waals surface area contributed by atoms with E-state index in [1.54, 1.807) is 6.07 Å². The molecule has 0 aliphatic heterocycles. The summed E-state index contributed by atoms with van der Waals surface area (Å²) < 4.78 is 0.910. The molecule has 1 amide bonds. The van der Waals surface area contributed by atoms with Crippen LogP contribution in [-0.2, 0) is 12.8 Å². The van der Waals surface area contributed by atoms with Crippen LogP contribution >= 0.6 is 27.3 Å². The smallest absolute Gasteiger partial charge is 0.268 e. The van der Waals surface area contributed by atoms with Gasteiger partial charge in [-0.15, -0.1) is 21.5 Å². The molecular weight excluding hydrogens is 328 g/mol. The standard InChI is InChI=1S/C12H13BrN4OS/c1-3-7-8(4-2)16-17-12(14-7)15-11(18)9-5-6-10(13)19-9/h5-6H,3-4H2,1-2H3,(H,14,15,17,18). The van der Waals surface area contributed by atoms with Gasteiger partial charge in [0.25, 0.3) is 5.91 Å². The van der Waals surface area contributed by atoms with Crippen LogP contribution in [0.3, 0.4) is 0 Å². The van der Waals surface area contributed by atoms with E-state index in [-0.39, 0.29) is 11.9 Å². The number of carbonyl (C=O) groups excluding carboxylic acids is 1. The Kier molecular flexibility index (Phi) is 4.60. The number of anilines is 1. The average molecular weight is 341 g/mol. The molecule has 7 heteroatoms. The van der Waals surface area contributed by atoms with Gasteiger partial charge in [0.15, 0.2) is 0 Å². The van der Waals surface area contributed by atoms with Crippen molar-refractivity contribution in [1.29, 1.82) is 0 Å². The second-order valence-corrected chi connectivity index (χ2v) is 6.26. The normalized spacial score (nSPS) is 10.5. The number of hydrogen-bond donors (Lipinski definition) is 1. The molecule has 0 saturated heterocycles. The SMILES string of the molecule is CCc1nnc(NC(=O)c2ccc(Br)s2)nc1CC. The minimum absolute atomic E-state index is 0.219. The maximum Gasteiger partial charge on any atom is 0.268 e. The summed E-state index contributed by atoms with van der Waals surface area (Å²) in [5.41, 5.74) is 1.75. The van der Waals surface area contributed by atoms with Gasteiger partial charge < -0.3 is 0 Å². The molecule has 0 aliphatic rings. The van der Waals surface area contributed by atoms with Crippen LogP contribution in [-0.4, -0.2) is 21.1 Å². The third-order valence-corrected chi connectivity index (χ3v) is 4.15. The van der Waals surface area contributed by atoms with E-state index in [4.69, 9.17) is 0 Å². The highest BCUT2D eigenvalue weighted by Gasteiger charge is 2.12. The fraction of sp³-hybridized carbons (Fsp3) is 0.333. The van der Waals surface area contributed by atoms with Crippen LogP contribution in [0.5, 0.6) is 0 Å². The molecule has 0 unspecified atom stereocenters. The maximum atomic E-state index is 12.0. The van der Waals surface area contributed by atoms with Crippen molar-refractivity contribution in [2.24, 2.45) is 0 Å². The summed E-state index contributed by atoms with van der Waals surface area (Å²) in [6.45, 7) is 4.01. The number of rotatable bonds is 4. The number of carbonyl (C=O) groups is 1. The van der Waals surface area contributed by atoms with Crippen molar-refractivity contribution in [2.75, 3.05) is 5.32 Å². The van der Waals surface area contributed by atoms with E-state index in [0.717, 1.165) is 28.0 Å². The summed E-state index contributed by atoms with van der Waals surface area (Å²) in [7, 11) is 0. The summed E-state index contributed by atoms with van der Waals surface area (Å²) in [6.07, 6.45) is 1.56. The van der Waals surface area contributed by atoms with E-state index in [9.17, 15) is 4.79 Å². The Balaban J connectivity index is 2.17. The quantitative estimate of drug-likeness (QED) is 0.928. The predicted molar refractivity (Wildman–Crippen MR) is 78.6 cm³/mol. The largest absolute Gasteiger partial charge is 0.288 e. The van der Waals surface area contributed by atoms with Crippen molar-refractivity contribution in [3.8, 4) is 0 Å². The van der Waals surface area contributed by atoms with E-state index in [0.29, 0.717) is 4.88 Å². The molecule has 0 aromatic carbocycles. The van der Waals surface area contributed by atoms with Gasteiger partial charge in [-0.1, -0.05) is 13.8 Å². The Morgan fingerprint density at radius 1 is 1.26 bits per heavy atom. The lowest BCUT2D eigenvalue weighted by Gasteiger charge is -2.06. The molecule has 2 heterocycles. The van der Waals surface area contributed by atoms with Gasteiger partial charge >= 0.3 is 0 Å². The number of halogens is 1. The zero-order valence-electron chi connectivity index (χ0n) is 10.6. The molecule has 1 N–H and O–H groups in total. The van der Waals surface area contributed by atoms with Crippen molar-refractivity contribution >= 4 is 39.1 Å². The highest BCUT2D eigenvalue weighted by Crippen LogP contribution is 2.22. The number of hydrogen-bond acceptors (Lipinski definition) is 5. The van der Waals surface area contributed by atoms with E-state index in [2.05, 4.69) is 36.4 Å². The van der Waals surface area contributed by atoms with Gasteiger partial charge in [-0.2, -0.15) is 0 Å². The van der Waals surface area contributed by atoms with Crippen molar-refractivity contribution < 1.29 is 4.79 Å². The lowest BCUT2D eigenvalue weighted by molar-refractivity contribution is 0.102. The van der Waals surface area contributed by atoms with Crippen LogP contribution < -0.4 is 5.32 Å². The number of nitrogens with one attached hydrogen (secondary N) is 1. The fourth-order valence-electron chi connectivity index (χ4n) is 1.59. The van der Waals surface area contributed by atoms with E-state index >= 15 is 0 Å². The van der Waals surface area contributed by atoms with E-state index in [1.165, 1.54) is 11.3 Å². The van der Waals surface area contributed by atoms with Gasteiger partial charge in [-0.25, -0.2) is 4.98 Å². The molecule has 0 saturated carbocycles. The topological polar surface area (TPSA) is 67.8 Å². The summed E-state index contributed by atoms with van der Waals surface area (Å²) in [4.78, 5) is 16.9. The lowest BCUT2D eigenvalue weighted by Crippen LogP contribution is -2.15. The van der Waals surface area contributed by atoms with Crippen LogP contribution in [0.4, 0.5) is 5.95 Å². The first-order chi connectivity index (χ1) is 9.13. The monoisotopic (exact) mass is 340 g/mol. The van der Waals surface area contributed by atoms with E-state index < -0.39 is 0 Å². The molecule has 0 aliphatic carbocycles. The number of thiophene rings is 1. The van der Waals surface area contributed by atoms with Crippen LogP contribution in [0.25, 0.3) is 0 Å². The Morgan fingerprint density at radius 2 is 2.00 bits per heavy atom. The molecule has 2 aromatic heterocycles. The van der Waals surface area contributed by atoms with Crippen LogP contribution in [0, 0.1) is 0 Å². The van der Waals surface area contributed by atoms with Gasteiger partial charge in [-0.05, 0) is 40.9 Å². The first-order valence-corrected chi connectivity index (χ1v) is 7.54. The summed E-state index contributed by atoms with van der Waals surface area (Å²) in [5.74, 6) is 0.0346. The highest BCUT2D eigenvalue weighted by atomic mass is 79.9. The second-order valence-electron chi connectivity index (χ2n) is 3.79. The summed E-state index contributed by atoms with van der Waals surface area (Å²) in [6, 6.07) is 3.58. The maximum absolute atomic E-state index is 12.0. The number of nitrogens with zero attached hydrogens (tertiary/aromatic N) is 3. The molecule has 19 heavy (non-hydrogen) atoms. The minimum atomic E-state index is -0.219. The van der Waals surface area contributed by atoms with Crippen molar-refractivity contribution in [3.63, 3.8) is 0 Å². The number of amides is 1. The molecule has 0 fully saturated rings. The van der Waals surface area contributed by atoms with Gasteiger partial charge in [0.2, 0.25) is 5.95 Å². The first kappa shape index (κ1) is 14.1. The van der Waals surface area contributed by atoms with Crippen LogP contribution in [0.2, 0.25) is 0 Å². The predicted octanol–water partition coefficient (Wildman–Crippen LogP) is 3.07. The molecule has 5 nitrogen and oxygen atoms in total. The molecule has 0 bridgehead atoms. The Labute approximate surface area is 123 Å². The Bertz CT molecular complexity index is 599. The van der Waals surface area contributed by atoms with Gasteiger partial charge in [0.1, 0.15) is 0 Å². The van der Waals surface area contributed by atoms with Crippen LogP contribution in [0.1, 0.15) is 34.9 Å². The molecule has 0 atom stereocenters. The highest BCUT2D eigenvalue weighted by molar-refractivity contribution is 9.11. The molecule has 0 radical (unpaired) electrons. The van der Waals surface area contributed by atoms with Crippen molar-refractivity contribution in [1.82, 2.24) is 15.2 Å². The first-order valence-electron chi connectivity index (χ1n) is 5.93. The summed E-state index contributed by atoms with van der Waals surface area (Å²) in [5, 5.41) is 10.7.